The van der Waals surface area contributed by atoms with Crippen molar-refractivity contribution in [2.24, 2.45) is 0 Å². The van der Waals surface area contributed by atoms with Crippen LogP contribution in [0.2, 0.25) is 0 Å². The van der Waals surface area contributed by atoms with E-state index in [1.54, 1.807) is 0 Å². The van der Waals surface area contributed by atoms with E-state index in [9.17, 15) is 0 Å². The highest BCUT2D eigenvalue weighted by molar-refractivity contribution is 5.95. The molecule has 0 fully saturated rings. The number of rotatable bonds is 4. The molecule has 0 bridgehead atoms. The SMILES string of the molecule is c1ccc(-c2ccc(-c3cccc4c3-c3ccccc3C4(c3ccccc3)c3ccccc3)cc2)cc1. The molecule has 6 aromatic rings. The Morgan fingerprint density at radius 3 is 1.41 bits per heavy atom. The second-order valence-electron chi connectivity index (χ2n) is 9.70. The Labute approximate surface area is 218 Å². The van der Waals surface area contributed by atoms with Gasteiger partial charge < -0.3 is 0 Å². The van der Waals surface area contributed by atoms with E-state index in [1.165, 1.54) is 55.6 Å². The lowest BCUT2D eigenvalue weighted by atomic mass is 9.67. The molecule has 0 spiro atoms. The molecular weight excluding hydrogens is 444 g/mol. The zero-order valence-electron chi connectivity index (χ0n) is 20.5. The highest BCUT2D eigenvalue weighted by Gasteiger charge is 2.46. The number of benzene rings is 6. The van der Waals surface area contributed by atoms with Gasteiger partial charge in [-0.1, -0.05) is 158 Å². The second-order valence-corrected chi connectivity index (χ2v) is 9.70. The molecule has 0 unspecified atom stereocenters. The van der Waals surface area contributed by atoms with Crippen LogP contribution in [0, 0.1) is 0 Å². The Morgan fingerprint density at radius 2 is 0.757 bits per heavy atom. The topological polar surface area (TPSA) is 0 Å². The van der Waals surface area contributed by atoms with Gasteiger partial charge in [-0.25, -0.2) is 0 Å². The first-order valence-corrected chi connectivity index (χ1v) is 12.9. The third-order valence-corrected chi connectivity index (χ3v) is 7.79. The monoisotopic (exact) mass is 470 g/mol. The summed E-state index contributed by atoms with van der Waals surface area (Å²) in [5.74, 6) is 0. The van der Waals surface area contributed by atoms with Crippen LogP contribution in [-0.4, -0.2) is 0 Å². The molecule has 0 atom stereocenters. The molecule has 0 saturated carbocycles. The molecule has 0 heteroatoms. The maximum absolute atomic E-state index is 2.33. The van der Waals surface area contributed by atoms with Crippen LogP contribution in [0.5, 0.6) is 0 Å². The van der Waals surface area contributed by atoms with Crippen molar-refractivity contribution in [2.75, 3.05) is 0 Å². The van der Waals surface area contributed by atoms with Crippen LogP contribution in [0.4, 0.5) is 0 Å². The van der Waals surface area contributed by atoms with Gasteiger partial charge in [0.1, 0.15) is 0 Å². The smallest absolute Gasteiger partial charge is 0.0622 e. The maximum atomic E-state index is 2.33. The van der Waals surface area contributed by atoms with Gasteiger partial charge >= 0.3 is 0 Å². The van der Waals surface area contributed by atoms with Crippen molar-refractivity contribution >= 4 is 0 Å². The lowest BCUT2D eigenvalue weighted by Gasteiger charge is -2.34. The number of hydrogen-bond acceptors (Lipinski definition) is 0. The van der Waals surface area contributed by atoms with E-state index in [2.05, 4.69) is 158 Å². The molecule has 6 aromatic carbocycles. The zero-order chi connectivity index (χ0) is 24.7. The minimum Gasteiger partial charge on any atom is -0.0622 e. The van der Waals surface area contributed by atoms with Gasteiger partial charge in [-0.05, 0) is 55.6 Å². The van der Waals surface area contributed by atoms with E-state index < -0.39 is 0 Å². The molecule has 0 radical (unpaired) electrons. The van der Waals surface area contributed by atoms with Crippen molar-refractivity contribution in [2.45, 2.75) is 5.41 Å². The fourth-order valence-electron chi connectivity index (χ4n) is 6.21. The molecule has 0 aliphatic heterocycles. The maximum Gasteiger partial charge on any atom is 0.0713 e. The molecule has 37 heavy (non-hydrogen) atoms. The predicted molar refractivity (Wildman–Crippen MR) is 155 cm³/mol. The van der Waals surface area contributed by atoms with Gasteiger partial charge in [0.05, 0.1) is 5.41 Å². The van der Waals surface area contributed by atoms with E-state index in [0.717, 1.165) is 0 Å². The van der Waals surface area contributed by atoms with Gasteiger partial charge in [0.25, 0.3) is 0 Å². The molecular formula is C37H26. The summed E-state index contributed by atoms with van der Waals surface area (Å²) in [5.41, 5.74) is 12.5. The summed E-state index contributed by atoms with van der Waals surface area (Å²) in [5, 5.41) is 0. The number of fused-ring (bicyclic) bond motifs is 3. The summed E-state index contributed by atoms with van der Waals surface area (Å²) in [6.07, 6.45) is 0. The van der Waals surface area contributed by atoms with Crippen LogP contribution in [0.1, 0.15) is 22.3 Å². The normalized spacial score (nSPS) is 13.1. The van der Waals surface area contributed by atoms with Crippen LogP contribution in [-0.2, 0) is 5.41 Å². The molecule has 0 nitrogen and oxygen atoms in total. The quantitative estimate of drug-likeness (QED) is 0.240. The largest absolute Gasteiger partial charge is 0.0713 e. The van der Waals surface area contributed by atoms with Crippen LogP contribution >= 0.6 is 0 Å². The number of hydrogen-bond donors (Lipinski definition) is 0. The predicted octanol–water partition coefficient (Wildman–Crippen LogP) is 9.38. The summed E-state index contributed by atoms with van der Waals surface area (Å²) in [7, 11) is 0. The molecule has 1 aliphatic rings. The highest BCUT2D eigenvalue weighted by atomic mass is 14.5. The fraction of sp³-hybridized carbons (Fsp3) is 0.0270. The minimum atomic E-state index is -0.367. The molecule has 0 aromatic heterocycles. The van der Waals surface area contributed by atoms with Crippen LogP contribution in [0.25, 0.3) is 33.4 Å². The van der Waals surface area contributed by atoms with Crippen molar-refractivity contribution in [1.29, 1.82) is 0 Å². The Kier molecular flexibility index (Phi) is 5.11. The third kappa shape index (κ3) is 3.30. The van der Waals surface area contributed by atoms with Crippen LogP contribution in [0.3, 0.4) is 0 Å². The summed E-state index contributed by atoms with van der Waals surface area (Å²) < 4.78 is 0. The van der Waals surface area contributed by atoms with Crippen molar-refractivity contribution in [3.63, 3.8) is 0 Å². The standard InChI is InChI=1S/C37H26/c1-4-13-27(14-5-1)28-23-25-29(26-24-28)32-20-12-22-35-36(32)33-19-10-11-21-34(33)37(35,30-15-6-2-7-16-30)31-17-8-3-9-18-31/h1-26H. The minimum absolute atomic E-state index is 0.367. The molecule has 174 valence electrons. The van der Waals surface area contributed by atoms with Gasteiger partial charge in [-0.3, -0.25) is 0 Å². The Hall–Kier alpha value is -4.68. The van der Waals surface area contributed by atoms with Crippen molar-refractivity contribution < 1.29 is 0 Å². The van der Waals surface area contributed by atoms with Crippen molar-refractivity contribution in [3.05, 3.63) is 180 Å². The first-order chi connectivity index (χ1) is 18.4. The molecule has 7 rings (SSSR count). The van der Waals surface area contributed by atoms with E-state index in [-0.39, 0.29) is 5.41 Å². The fourth-order valence-corrected chi connectivity index (χ4v) is 6.21. The molecule has 0 heterocycles. The summed E-state index contributed by atoms with van der Waals surface area (Å²) >= 11 is 0. The van der Waals surface area contributed by atoms with Crippen molar-refractivity contribution in [1.82, 2.24) is 0 Å². The third-order valence-electron chi connectivity index (χ3n) is 7.79. The summed E-state index contributed by atoms with van der Waals surface area (Å²) in [6.45, 7) is 0. The summed E-state index contributed by atoms with van der Waals surface area (Å²) in [4.78, 5) is 0. The van der Waals surface area contributed by atoms with Gasteiger partial charge in [-0.2, -0.15) is 0 Å². The Bertz CT molecular complexity index is 1640. The molecule has 0 N–H and O–H groups in total. The average molecular weight is 471 g/mol. The Balaban J connectivity index is 1.50. The lowest BCUT2D eigenvalue weighted by molar-refractivity contribution is 0.768. The average Bonchev–Trinajstić information content (AvgIpc) is 3.30. The molecule has 1 aliphatic carbocycles. The van der Waals surface area contributed by atoms with E-state index in [1.807, 2.05) is 0 Å². The van der Waals surface area contributed by atoms with E-state index in [0.29, 0.717) is 0 Å². The first-order valence-electron chi connectivity index (χ1n) is 12.9. The summed E-state index contributed by atoms with van der Waals surface area (Å²) in [6, 6.07) is 57.4. The first kappa shape index (κ1) is 21.6. The van der Waals surface area contributed by atoms with Gasteiger partial charge in [-0.15, -0.1) is 0 Å². The molecule has 0 amide bonds. The zero-order valence-corrected chi connectivity index (χ0v) is 20.5. The Morgan fingerprint density at radius 1 is 0.297 bits per heavy atom. The van der Waals surface area contributed by atoms with Crippen molar-refractivity contribution in [3.8, 4) is 33.4 Å². The molecule has 0 saturated heterocycles. The lowest BCUT2D eigenvalue weighted by Crippen LogP contribution is -2.28. The van der Waals surface area contributed by atoms with Gasteiger partial charge in [0.15, 0.2) is 0 Å². The highest BCUT2D eigenvalue weighted by Crippen LogP contribution is 2.58. The van der Waals surface area contributed by atoms with Gasteiger partial charge in [0.2, 0.25) is 0 Å². The van der Waals surface area contributed by atoms with E-state index in [4.69, 9.17) is 0 Å². The van der Waals surface area contributed by atoms with Gasteiger partial charge in [0, 0.05) is 0 Å². The van der Waals surface area contributed by atoms with E-state index >= 15 is 0 Å². The second kappa shape index (κ2) is 8.76. The van der Waals surface area contributed by atoms with Crippen LogP contribution < -0.4 is 0 Å². The van der Waals surface area contributed by atoms with Crippen LogP contribution in [0.15, 0.2) is 158 Å².